The smallest absolute Gasteiger partial charge is 0.264 e. The highest BCUT2D eigenvalue weighted by Gasteiger charge is 2.34. The third-order valence-electron chi connectivity index (χ3n) is 4.60. The molecule has 6 nitrogen and oxygen atoms in total. The Morgan fingerprint density at radius 2 is 2.12 bits per heavy atom. The molecule has 0 unspecified atom stereocenters. The fourth-order valence-electron chi connectivity index (χ4n) is 2.91. The van der Waals surface area contributed by atoms with Gasteiger partial charge in [0.1, 0.15) is 6.54 Å². The number of thiophene rings is 1. The highest BCUT2D eigenvalue weighted by Crippen LogP contribution is 2.28. The van der Waals surface area contributed by atoms with E-state index >= 15 is 0 Å². The number of hydrogen-bond acceptors (Lipinski definition) is 4. The van der Waals surface area contributed by atoms with E-state index in [1.54, 1.807) is 18.1 Å². The summed E-state index contributed by atoms with van der Waals surface area (Å²) in [4.78, 5) is 29.9. The molecule has 0 saturated heterocycles. The molecule has 0 bridgehead atoms. The molecule has 0 spiro atoms. The molecule has 0 N–H and O–H groups in total. The minimum atomic E-state index is -0.111. The zero-order valence-electron chi connectivity index (χ0n) is 15.3. The second kappa shape index (κ2) is 8.51. The summed E-state index contributed by atoms with van der Waals surface area (Å²) >= 11 is 1.39. The van der Waals surface area contributed by atoms with Crippen LogP contribution in [0.1, 0.15) is 28.2 Å². The Hall–Kier alpha value is -2.12. The summed E-state index contributed by atoms with van der Waals surface area (Å²) in [7, 11) is 3.58. The van der Waals surface area contributed by atoms with Gasteiger partial charge in [-0.25, -0.2) is 0 Å². The van der Waals surface area contributed by atoms with Crippen LogP contribution in [0, 0.1) is 0 Å². The first-order valence-electron chi connectivity index (χ1n) is 8.81. The Labute approximate surface area is 158 Å². The second-order valence-electron chi connectivity index (χ2n) is 6.56. The molecule has 0 aliphatic heterocycles. The maximum Gasteiger partial charge on any atom is 0.264 e. The van der Waals surface area contributed by atoms with Crippen LogP contribution in [0.3, 0.4) is 0 Å². The minimum absolute atomic E-state index is 0.00490. The van der Waals surface area contributed by atoms with Gasteiger partial charge in [0.25, 0.3) is 5.91 Å². The monoisotopic (exact) mass is 375 g/mol. The molecule has 140 valence electrons. The van der Waals surface area contributed by atoms with E-state index in [2.05, 4.69) is 0 Å². The van der Waals surface area contributed by atoms with Gasteiger partial charge in [0.15, 0.2) is 0 Å². The summed E-state index contributed by atoms with van der Waals surface area (Å²) in [6.07, 6.45) is 4.05. The van der Waals surface area contributed by atoms with Gasteiger partial charge in [0.05, 0.1) is 18.0 Å². The SMILES string of the molecule is COCCN(CC(=O)N(Cc1cccn1C)C1CC1)C(=O)c1cccs1. The predicted molar refractivity (Wildman–Crippen MR) is 101 cm³/mol. The maximum absolute atomic E-state index is 13.0. The summed E-state index contributed by atoms with van der Waals surface area (Å²) in [5.74, 6) is -0.116. The lowest BCUT2D eigenvalue weighted by Gasteiger charge is -2.27. The third kappa shape index (κ3) is 4.53. The number of carbonyl (C=O) groups excluding carboxylic acids is 2. The van der Waals surface area contributed by atoms with E-state index in [0.717, 1.165) is 18.5 Å². The van der Waals surface area contributed by atoms with Crippen LogP contribution >= 0.6 is 11.3 Å². The van der Waals surface area contributed by atoms with E-state index in [1.165, 1.54) is 11.3 Å². The molecule has 0 aromatic carbocycles. The molecule has 2 aromatic rings. The van der Waals surface area contributed by atoms with Crippen molar-refractivity contribution in [3.05, 3.63) is 46.4 Å². The Balaban J connectivity index is 1.70. The first kappa shape index (κ1) is 18.7. The van der Waals surface area contributed by atoms with Crippen molar-refractivity contribution >= 4 is 23.2 Å². The molecule has 2 amide bonds. The van der Waals surface area contributed by atoms with Crippen molar-refractivity contribution in [2.45, 2.75) is 25.4 Å². The summed E-state index contributed by atoms with van der Waals surface area (Å²) < 4.78 is 7.15. The lowest BCUT2D eigenvalue weighted by atomic mass is 10.3. The van der Waals surface area contributed by atoms with Gasteiger partial charge in [-0.2, -0.15) is 0 Å². The summed E-state index contributed by atoms with van der Waals surface area (Å²) in [5, 5.41) is 1.87. The number of methoxy groups -OCH3 is 1. The van der Waals surface area contributed by atoms with Crippen molar-refractivity contribution in [3.8, 4) is 0 Å². The number of hydrogen-bond donors (Lipinski definition) is 0. The Morgan fingerprint density at radius 3 is 2.69 bits per heavy atom. The van der Waals surface area contributed by atoms with Crippen LogP contribution in [0.15, 0.2) is 35.8 Å². The van der Waals surface area contributed by atoms with Crippen LogP contribution in [0.25, 0.3) is 0 Å². The van der Waals surface area contributed by atoms with Crippen LogP contribution < -0.4 is 0 Å². The molecule has 1 fully saturated rings. The van der Waals surface area contributed by atoms with Crippen molar-refractivity contribution in [2.24, 2.45) is 7.05 Å². The average molecular weight is 375 g/mol. The topological polar surface area (TPSA) is 54.8 Å². The number of nitrogens with zero attached hydrogens (tertiary/aromatic N) is 3. The quantitative estimate of drug-likeness (QED) is 0.676. The van der Waals surface area contributed by atoms with E-state index < -0.39 is 0 Å². The molecule has 3 rings (SSSR count). The lowest BCUT2D eigenvalue weighted by Crippen LogP contribution is -2.44. The van der Waals surface area contributed by atoms with Crippen molar-refractivity contribution < 1.29 is 14.3 Å². The number of amides is 2. The molecular formula is C19H25N3O3S. The van der Waals surface area contributed by atoms with E-state index in [1.807, 2.05) is 46.3 Å². The van der Waals surface area contributed by atoms with Gasteiger partial charge in [-0.1, -0.05) is 6.07 Å². The molecule has 2 aromatic heterocycles. The zero-order valence-corrected chi connectivity index (χ0v) is 16.1. The molecular weight excluding hydrogens is 350 g/mol. The summed E-state index contributed by atoms with van der Waals surface area (Å²) in [6.45, 7) is 1.48. The molecule has 1 aliphatic rings. The average Bonchev–Trinajstić information content (AvgIpc) is 3.16. The Bertz CT molecular complexity index is 737. The second-order valence-corrected chi connectivity index (χ2v) is 7.51. The van der Waals surface area contributed by atoms with E-state index in [4.69, 9.17) is 4.74 Å². The maximum atomic E-state index is 13.0. The number of aromatic nitrogens is 1. The van der Waals surface area contributed by atoms with Gasteiger partial charge in [-0.3, -0.25) is 9.59 Å². The number of carbonyl (C=O) groups is 2. The molecule has 2 heterocycles. The molecule has 0 radical (unpaired) electrons. The van der Waals surface area contributed by atoms with Crippen molar-refractivity contribution in [2.75, 3.05) is 26.8 Å². The van der Waals surface area contributed by atoms with Gasteiger partial charge in [-0.05, 0) is 36.4 Å². The highest BCUT2D eigenvalue weighted by atomic mass is 32.1. The van der Waals surface area contributed by atoms with Gasteiger partial charge >= 0.3 is 0 Å². The van der Waals surface area contributed by atoms with Crippen LogP contribution in [0.5, 0.6) is 0 Å². The molecule has 7 heteroatoms. The molecule has 0 atom stereocenters. The molecule has 1 saturated carbocycles. The van der Waals surface area contributed by atoms with E-state index in [9.17, 15) is 9.59 Å². The van der Waals surface area contributed by atoms with Crippen molar-refractivity contribution in [3.63, 3.8) is 0 Å². The van der Waals surface area contributed by atoms with Crippen molar-refractivity contribution in [1.82, 2.24) is 14.4 Å². The van der Waals surface area contributed by atoms with Gasteiger partial charge < -0.3 is 19.1 Å². The highest BCUT2D eigenvalue weighted by molar-refractivity contribution is 7.12. The standard InChI is InChI=1S/C19H25N3O3S/c1-20-9-3-5-16(20)13-22(15-7-8-15)18(23)14-21(10-11-25-2)19(24)17-6-4-12-26-17/h3-6,9,12,15H,7-8,10-11,13-14H2,1-2H3. The minimum Gasteiger partial charge on any atom is -0.383 e. The van der Waals surface area contributed by atoms with Crippen molar-refractivity contribution in [1.29, 1.82) is 0 Å². The first-order chi connectivity index (χ1) is 12.6. The molecule has 26 heavy (non-hydrogen) atoms. The van der Waals surface area contributed by atoms with Gasteiger partial charge in [0.2, 0.25) is 5.91 Å². The van der Waals surface area contributed by atoms with Crippen LogP contribution in [0.4, 0.5) is 0 Å². The van der Waals surface area contributed by atoms with E-state index in [-0.39, 0.29) is 18.4 Å². The van der Waals surface area contributed by atoms with Crippen LogP contribution in [-0.2, 0) is 23.1 Å². The van der Waals surface area contributed by atoms with E-state index in [0.29, 0.717) is 30.6 Å². The number of aryl methyl sites for hydroxylation is 1. The number of rotatable bonds is 9. The fraction of sp³-hybridized carbons (Fsp3) is 0.474. The Morgan fingerprint density at radius 1 is 1.31 bits per heavy atom. The normalized spacial score (nSPS) is 13.6. The zero-order chi connectivity index (χ0) is 18.5. The molecule has 1 aliphatic carbocycles. The van der Waals surface area contributed by atoms with Crippen LogP contribution in [0.2, 0.25) is 0 Å². The summed E-state index contributed by atoms with van der Waals surface area (Å²) in [6, 6.07) is 7.94. The third-order valence-corrected chi connectivity index (χ3v) is 5.46. The Kier molecular flexibility index (Phi) is 6.11. The largest absolute Gasteiger partial charge is 0.383 e. The fourth-order valence-corrected chi connectivity index (χ4v) is 3.60. The lowest BCUT2D eigenvalue weighted by molar-refractivity contribution is -0.133. The van der Waals surface area contributed by atoms with Gasteiger partial charge in [0, 0.05) is 38.6 Å². The first-order valence-corrected chi connectivity index (χ1v) is 9.69. The predicted octanol–water partition coefficient (Wildman–Crippen LogP) is 2.37. The summed E-state index contributed by atoms with van der Waals surface area (Å²) in [5.41, 5.74) is 1.10. The van der Waals surface area contributed by atoms with Crippen LogP contribution in [-0.4, -0.2) is 59.0 Å². The number of ether oxygens (including phenoxy) is 1. The van der Waals surface area contributed by atoms with Gasteiger partial charge in [-0.15, -0.1) is 11.3 Å².